The Morgan fingerprint density at radius 1 is 1.38 bits per heavy atom. The van der Waals surface area contributed by atoms with Crippen LogP contribution in [0.25, 0.3) is 0 Å². The Morgan fingerprint density at radius 2 is 2.08 bits per heavy atom. The molecule has 24 heavy (non-hydrogen) atoms. The van der Waals surface area contributed by atoms with E-state index < -0.39 is 0 Å². The molecule has 0 fully saturated rings. The van der Waals surface area contributed by atoms with E-state index in [0.29, 0.717) is 16.3 Å². The largest absolute Gasteiger partial charge is 0.480 e. The Kier molecular flexibility index (Phi) is 5.15. The lowest BCUT2D eigenvalue weighted by Crippen LogP contribution is -2.18. The number of pyridine rings is 1. The summed E-state index contributed by atoms with van der Waals surface area (Å²) in [6.07, 6.45) is 1.69. The second kappa shape index (κ2) is 6.93. The van der Waals surface area contributed by atoms with Gasteiger partial charge in [0, 0.05) is 18.7 Å². The zero-order chi connectivity index (χ0) is 17.9. The molecule has 0 radical (unpaired) electrons. The number of anilines is 2. The second-order valence-corrected chi connectivity index (χ2v) is 7.40. The maximum Gasteiger partial charge on any atom is 0.273 e. The first-order valence-corrected chi connectivity index (χ1v) is 8.25. The van der Waals surface area contributed by atoms with Gasteiger partial charge in [0.25, 0.3) is 5.56 Å². The average molecular weight is 343 g/mol. The van der Waals surface area contributed by atoms with Gasteiger partial charge in [-0.15, -0.1) is 11.3 Å². The molecule has 0 aliphatic carbocycles. The molecule has 0 saturated heterocycles. The van der Waals surface area contributed by atoms with Crippen LogP contribution in [0.3, 0.4) is 0 Å². The fourth-order valence-electron chi connectivity index (χ4n) is 1.89. The van der Waals surface area contributed by atoms with Crippen molar-refractivity contribution in [1.82, 2.24) is 4.57 Å². The molecule has 0 aromatic carbocycles. The Morgan fingerprint density at radius 3 is 2.71 bits per heavy atom. The molecule has 0 unspecified atom stereocenters. The number of methoxy groups -OCH3 is 1. The smallest absolute Gasteiger partial charge is 0.273 e. The van der Waals surface area contributed by atoms with Gasteiger partial charge in [-0.1, -0.05) is 11.8 Å². The van der Waals surface area contributed by atoms with Gasteiger partial charge in [-0.2, -0.15) is 0 Å². The monoisotopic (exact) mass is 343 g/mol. The molecule has 0 aliphatic rings. The summed E-state index contributed by atoms with van der Waals surface area (Å²) in [5.74, 6) is 6.35. The van der Waals surface area contributed by atoms with Gasteiger partial charge in [0.1, 0.15) is 10.6 Å². The van der Waals surface area contributed by atoms with E-state index in [4.69, 9.17) is 10.1 Å². The Labute approximate surface area is 145 Å². The van der Waals surface area contributed by atoms with Crippen molar-refractivity contribution < 1.29 is 4.74 Å². The Balaban J connectivity index is 2.45. The minimum absolute atomic E-state index is 0.0408. The summed E-state index contributed by atoms with van der Waals surface area (Å²) in [5, 5.41) is 11.1. The van der Waals surface area contributed by atoms with Crippen LogP contribution in [0.2, 0.25) is 0 Å². The SMILES string of the molecule is COC(=N)c1sc(C#CC(C)(C)C)cc1Nc1cccn(C)c1=O. The van der Waals surface area contributed by atoms with E-state index in [-0.39, 0.29) is 16.9 Å². The molecule has 0 atom stereocenters. The van der Waals surface area contributed by atoms with Gasteiger partial charge in [-0.3, -0.25) is 10.2 Å². The number of aromatic nitrogens is 1. The molecule has 2 aromatic heterocycles. The summed E-state index contributed by atoms with van der Waals surface area (Å²) < 4.78 is 6.55. The maximum atomic E-state index is 12.2. The molecule has 0 aliphatic heterocycles. The van der Waals surface area contributed by atoms with E-state index in [0.717, 1.165) is 4.88 Å². The molecule has 5 nitrogen and oxygen atoms in total. The first-order valence-electron chi connectivity index (χ1n) is 7.44. The molecule has 126 valence electrons. The number of thiophene rings is 1. The second-order valence-electron chi connectivity index (χ2n) is 6.35. The number of hydrogen-bond acceptors (Lipinski definition) is 5. The average Bonchev–Trinajstić information content (AvgIpc) is 2.91. The summed E-state index contributed by atoms with van der Waals surface area (Å²) in [6, 6.07) is 5.34. The summed E-state index contributed by atoms with van der Waals surface area (Å²) in [4.78, 5) is 13.6. The molecule has 0 bridgehead atoms. The van der Waals surface area contributed by atoms with Crippen molar-refractivity contribution in [3.8, 4) is 11.8 Å². The van der Waals surface area contributed by atoms with E-state index in [1.807, 2.05) is 26.8 Å². The highest BCUT2D eigenvalue weighted by atomic mass is 32.1. The number of aryl methyl sites for hydroxylation is 1. The van der Waals surface area contributed by atoms with Crippen LogP contribution in [0.4, 0.5) is 11.4 Å². The number of ether oxygens (including phenoxy) is 1. The quantitative estimate of drug-likeness (QED) is 0.509. The van der Waals surface area contributed by atoms with Crippen molar-refractivity contribution in [1.29, 1.82) is 5.41 Å². The molecule has 0 saturated carbocycles. The fraction of sp³-hybridized carbons (Fsp3) is 0.333. The highest BCUT2D eigenvalue weighted by molar-refractivity contribution is 7.15. The summed E-state index contributed by atoms with van der Waals surface area (Å²) in [6.45, 7) is 6.12. The van der Waals surface area contributed by atoms with Crippen molar-refractivity contribution in [2.75, 3.05) is 12.4 Å². The standard InChI is InChI=1S/C18H21N3O2S/c1-18(2,3)9-8-12-11-14(15(24-12)16(19)23-5)20-13-7-6-10-21(4)17(13)22/h6-7,10-11,19-20H,1-5H3. The van der Waals surface area contributed by atoms with Crippen molar-refractivity contribution in [2.24, 2.45) is 12.5 Å². The van der Waals surface area contributed by atoms with Gasteiger partial charge in [-0.25, -0.2) is 0 Å². The van der Waals surface area contributed by atoms with E-state index in [1.54, 1.807) is 25.4 Å². The first-order chi connectivity index (χ1) is 11.2. The molecule has 2 heterocycles. The predicted octanol–water partition coefficient (Wildman–Crippen LogP) is 3.56. The van der Waals surface area contributed by atoms with Crippen LogP contribution in [0.5, 0.6) is 0 Å². The summed E-state index contributed by atoms with van der Waals surface area (Å²) in [5.41, 5.74) is 0.842. The molecule has 2 aromatic rings. The van der Waals surface area contributed by atoms with Crippen molar-refractivity contribution in [3.05, 3.63) is 44.5 Å². The van der Waals surface area contributed by atoms with E-state index in [9.17, 15) is 4.79 Å². The minimum atomic E-state index is -0.138. The normalized spacial score (nSPS) is 10.7. The maximum absolute atomic E-state index is 12.2. The third-order valence-electron chi connectivity index (χ3n) is 3.10. The van der Waals surface area contributed by atoms with Crippen LogP contribution in [-0.2, 0) is 11.8 Å². The number of rotatable bonds is 3. The Bertz CT molecular complexity index is 876. The molecule has 2 rings (SSSR count). The zero-order valence-corrected chi connectivity index (χ0v) is 15.3. The zero-order valence-electron chi connectivity index (χ0n) is 14.5. The van der Waals surface area contributed by atoms with E-state index in [2.05, 4.69) is 17.2 Å². The summed E-state index contributed by atoms with van der Waals surface area (Å²) >= 11 is 1.37. The minimum Gasteiger partial charge on any atom is -0.480 e. The van der Waals surface area contributed by atoms with Gasteiger partial charge >= 0.3 is 0 Å². The van der Waals surface area contributed by atoms with Gasteiger partial charge < -0.3 is 14.6 Å². The van der Waals surface area contributed by atoms with E-state index in [1.165, 1.54) is 23.0 Å². The van der Waals surface area contributed by atoms with E-state index >= 15 is 0 Å². The predicted molar refractivity (Wildman–Crippen MR) is 99.5 cm³/mol. The van der Waals surface area contributed by atoms with Crippen molar-refractivity contribution >= 4 is 28.6 Å². The van der Waals surface area contributed by atoms with Crippen molar-refractivity contribution in [2.45, 2.75) is 20.8 Å². The van der Waals surface area contributed by atoms with Crippen LogP contribution < -0.4 is 10.9 Å². The van der Waals surface area contributed by atoms with Gasteiger partial charge in [-0.05, 0) is 39.0 Å². The third kappa shape index (κ3) is 4.27. The molecule has 0 spiro atoms. The van der Waals surface area contributed by atoms with Gasteiger partial charge in [0.05, 0.1) is 17.7 Å². The van der Waals surface area contributed by atoms with Crippen molar-refractivity contribution in [3.63, 3.8) is 0 Å². The van der Waals surface area contributed by atoms with Gasteiger partial charge in [0.2, 0.25) is 5.90 Å². The molecule has 2 N–H and O–H groups in total. The number of nitrogens with zero attached hydrogens (tertiary/aromatic N) is 1. The Hall–Kier alpha value is -2.52. The highest BCUT2D eigenvalue weighted by Gasteiger charge is 2.15. The summed E-state index contributed by atoms with van der Waals surface area (Å²) in [7, 11) is 3.15. The number of hydrogen-bond donors (Lipinski definition) is 2. The number of nitrogens with one attached hydrogen (secondary N) is 2. The van der Waals surface area contributed by atoms with Gasteiger partial charge in [0.15, 0.2) is 0 Å². The third-order valence-corrected chi connectivity index (χ3v) is 4.15. The lowest BCUT2D eigenvalue weighted by molar-refractivity contribution is 0.402. The molecular weight excluding hydrogens is 322 g/mol. The molecule has 0 amide bonds. The molecular formula is C18H21N3O2S. The first kappa shape index (κ1) is 17.8. The molecule has 6 heteroatoms. The topological polar surface area (TPSA) is 67.1 Å². The lowest BCUT2D eigenvalue weighted by Gasteiger charge is -2.08. The van der Waals surface area contributed by atoms with Crippen LogP contribution in [0.15, 0.2) is 29.2 Å². The van der Waals surface area contributed by atoms with Crippen LogP contribution in [0, 0.1) is 22.7 Å². The van der Waals surface area contributed by atoms with Crippen LogP contribution in [0.1, 0.15) is 30.5 Å². The van der Waals surface area contributed by atoms with Crippen LogP contribution >= 0.6 is 11.3 Å². The van der Waals surface area contributed by atoms with Crippen LogP contribution in [-0.4, -0.2) is 17.6 Å². The fourth-order valence-corrected chi connectivity index (χ4v) is 2.79. The lowest BCUT2D eigenvalue weighted by atomic mass is 9.98. The highest BCUT2D eigenvalue weighted by Crippen LogP contribution is 2.29.